The predicted octanol–water partition coefficient (Wildman–Crippen LogP) is 0.812. The van der Waals surface area contributed by atoms with Crippen molar-refractivity contribution in [3.05, 3.63) is 34.9 Å². The zero-order valence-corrected chi connectivity index (χ0v) is 9.34. The smallest absolute Gasteiger partial charge is 0.337 e. The van der Waals surface area contributed by atoms with Crippen LogP contribution in [0.1, 0.15) is 21.5 Å². The molecule has 1 aromatic carbocycles. The summed E-state index contributed by atoms with van der Waals surface area (Å²) in [5.41, 5.74) is 13.2. The molecule has 0 aliphatic rings. The number of hydrogen-bond donors (Lipinski definition) is 2. The van der Waals surface area contributed by atoms with Gasteiger partial charge in [-0.2, -0.15) is 0 Å². The Bertz CT molecular complexity index is 320. The van der Waals surface area contributed by atoms with E-state index in [1.807, 2.05) is 6.07 Å². The lowest BCUT2D eigenvalue weighted by atomic mass is 10.1. The van der Waals surface area contributed by atoms with E-state index in [0.717, 1.165) is 11.1 Å². The summed E-state index contributed by atoms with van der Waals surface area (Å²) >= 11 is 0. The van der Waals surface area contributed by atoms with Crippen molar-refractivity contribution in [2.24, 2.45) is 11.5 Å². The highest BCUT2D eigenvalue weighted by Gasteiger charge is 2.07. The van der Waals surface area contributed by atoms with Gasteiger partial charge in [-0.15, -0.1) is 12.4 Å². The van der Waals surface area contributed by atoms with Gasteiger partial charge in [0.25, 0.3) is 0 Å². The maximum absolute atomic E-state index is 11.2. The molecule has 0 bridgehead atoms. The van der Waals surface area contributed by atoms with Gasteiger partial charge in [0.15, 0.2) is 0 Å². The fourth-order valence-corrected chi connectivity index (χ4v) is 1.23. The first-order valence-corrected chi connectivity index (χ1v) is 4.32. The lowest BCUT2D eigenvalue weighted by Gasteiger charge is -2.05. The van der Waals surface area contributed by atoms with Crippen molar-refractivity contribution in [2.75, 3.05) is 7.11 Å². The fourth-order valence-electron chi connectivity index (χ4n) is 1.23. The van der Waals surface area contributed by atoms with E-state index < -0.39 is 0 Å². The maximum Gasteiger partial charge on any atom is 0.337 e. The van der Waals surface area contributed by atoms with E-state index in [4.69, 9.17) is 11.5 Å². The molecule has 0 spiro atoms. The Labute approximate surface area is 95.0 Å². The summed E-state index contributed by atoms with van der Waals surface area (Å²) in [4.78, 5) is 11.2. The number of carbonyl (C=O) groups excluding carboxylic acids is 1. The predicted molar refractivity (Wildman–Crippen MR) is 60.8 cm³/mol. The van der Waals surface area contributed by atoms with Crippen LogP contribution in [-0.4, -0.2) is 13.1 Å². The van der Waals surface area contributed by atoms with Crippen LogP contribution in [0.5, 0.6) is 0 Å². The largest absolute Gasteiger partial charge is 0.465 e. The minimum absolute atomic E-state index is 0. The van der Waals surface area contributed by atoms with E-state index in [9.17, 15) is 4.79 Å². The van der Waals surface area contributed by atoms with Crippen LogP contribution in [0.25, 0.3) is 0 Å². The average Bonchev–Trinajstić information content (AvgIpc) is 2.27. The quantitative estimate of drug-likeness (QED) is 0.754. The van der Waals surface area contributed by atoms with Gasteiger partial charge in [-0.25, -0.2) is 4.79 Å². The van der Waals surface area contributed by atoms with Gasteiger partial charge in [0.2, 0.25) is 0 Å². The SMILES string of the molecule is COC(=O)c1cc(CN)cc(CN)c1.Cl. The van der Waals surface area contributed by atoms with Gasteiger partial charge < -0.3 is 16.2 Å². The van der Waals surface area contributed by atoms with Crippen molar-refractivity contribution in [1.82, 2.24) is 0 Å². The second-order valence-electron chi connectivity index (χ2n) is 2.94. The van der Waals surface area contributed by atoms with E-state index in [1.54, 1.807) is 12.1 Å². The molecule has 0 fully saturated rings. The van der Waals surface area contributed by atoms with Crippen LogP contribution in [0.15, 0.2) is 18.2 Å². The summed E-state index contributed by atoms with van der Waals surface area (Å²) in [6.07, 6.45) is 0. The Morgan fingerprint density at radius 1 is 1.20 bits per heavy atom. The Kier molecular flexibility index (Phi) is 5.93. The molecule has 1 rings (SSSR count). The summed E-state index contributed by atoms with van der Waals surface area (Å²) in [5.74, 6) is -0.366. The second kappa shape index (κ2) is 6.40. The molecule has 5 heteroatoms. The number of carbonyl (C=O) groups is 1. The molecule has 0 unspecified atom stereocenters. The van der Waals surface area contributed by atoms with Gasteiger partial charge in [0, 0.05) is 13.1 Å². The Balaban J connectivity index is 0.00000196. The number of methoxy groups -OCH3 is 1. The van der Waals surface area contributed by atoms with Gasteiger partial charge in [-0.1, -0.05) is 6.07 Å². The monoisotopic (exact) mass is 230 g/mol. The van der Waals surface area contributed by atoms with Crippen molar-refractivity contribution in [1.29, 1.82) is 0 Å². The van der Waals surface area contributed by atoms with Crippen LogP contribution >= 0.6 is 12.4 Å². The van der Waals surface area contributed by atoms with Crippen molar-refractivity contribution in [3.63, 3.8) is 0 Å². The lowest BCUT2D eigenvalue weighted by molar-refractivity contribution is 0.0600. The van der Waals surface area contributed by atoms with Crippen molar-refractivity contribution >= 4 is 18.4 Å². The number of benzene rings is 1. The standard InChI is InChI=1S/C10H14N2O2.ClH/c1-14-10(13)9-3-7(5-11)2-8(4-9)6-12;/h2-4H,5-6,11-12H2,1H3;1H. The van der Waals surface area contributed by atoms with Gasteiger partial charge in [-0.05, 0) is 23.3 Å². The van der Waals surface area contributed by atoms with E-state index in [1.165, 1.54) is 7.11 Å². The third-order valence-corrected chi connectivity index (χ3v) is 1.95. The van der Waals surface area contributed by atoms with Crippen molar-refractivity contribution in [3.8, 4) is 0 Å². The first-order chi connectivity index (χ1) is 6.71. The van der Waals surface area contributed by atoms with Crippen molar-refractivity contribution < 1.29 is 9.53 Å². The number of rotatable bonds is 3. The summed E-state index contributed by atoms with van der Waals surface area (Å²) < 4.78 is 4.61. The number of ether oxygens (including phenoxy) is 1. The molecule has 1 aromatic rings. The summed E-state index contributed by atoms with van der Waals surface area (Å²) in [7, 11) is 1.35. The Hall–Kier alpha value is -1.10. The molecule has 4 N–H and O–H groups in total. The van der Waals surface area contributed by atoms with Crippen LogP contribution in [-0.2, 0) is 17.8 Å². The molecule has 84 valence electrons. The van der Waals surface area contributed by atoms with Crippen LogP contribution < -0.4 is 11.5 Å². The maximum atomic E-state index is 11.2. The first-order valence-electron chi connectivity index (χ1n) is 4.32. The molecular formula is C10H15ClN2O2. The van der Waals surface area contributed by atoms with Gasteiger partial charge in [-0.3, -0.25) is 0 Å². The van der Waals surface area contributed by atoms with Crippen LogP contribution in [0.2, 0.25) is 0 Å². The molecule has 0 saturated heterocycles. The second-order valence-corrected chi connectivity index (χ2v) is 2.94. The molecule has 0 saturated carbocycles. The zero-order valence-electron chi connectivity index (χ0n) is 8.53. The van der Waals surface area contributed by atoms with E-state index in [2.05, 4.69) is 4.74 Å². The van der Waals surface area contributed by atoms with Crippen LogP contribution in [0.4, 0.5) is 0 Å². The fraction of sp³-hybridized carbons (Fsp3) is 0.300. The highest BCUT2D eigenvalue weighted by atomic mass is 35.5. The Morgan fingerprint density at radius 3 is 2.00 bits per heavy atom. The lowest BCUT2D eigenvalue weighted by Crippen LogP contribution is -2.07. The minimum atomic E-state index is -0.366. The molecule has 0 amide bonds. The number of halogens is 1. The van der Waals surface area contributed by atoms with Gasteiger partial charge >= 0.3 is 5.97 Å². The van der Waals surface area contributed by atoms with Crippen LogP contribution in [0, 0.1) is 0 Å². The zero-order chi connectivity index (χ0) is 10.6. The van der Waals surface area contributed by atoms with Crippen LogP contribution in [0.3, 0.4) is 0 Å². The molecule has 0 atom stereocenters. The van der Waals surface area contributed by atoms with Gasteiger partial charge in [0.1, 0.15) is 0 Å². The summed E-state index contributed by atoms with van der Waals surface area (Å²) in [6.45, 7) is 0.773. The van der Waals surface area contributed by atoms with E-state index in [-0.39, 0.29) is 18.4 Å². The topological polar surface area (TPSA) is 78.3 Å². The highest BCUT2D eigenvalue weighted by molar-refractivity contribution is 5.89. The van der Waals surface area contributed by atoms with E-state index >= 15 is 0 Å². The summed E-state index contributed by atoms with van der Waals surface area (Å²) in [6, 6.07) is 5.31. The normalized spacial score (nSPS) is 9.27. The molecule has 0 heterocycles. The molecule has 0 aliphatic heterocycles. The average molecular weight is 231 g/mol. The Morgan fingerprint density at radius 2 is 1.67 bits per heavy atom. The molecular weight excluding hydrogens is 216 g/mol. The van der Waals surface area contributed by atoms with Gasteiger partial charge in [0.05, 0.1) is 12.7 Å². The third kappa shape index (κ3) is 3.51. The molecule has 15 heavy (non-hydrogen) atoms. The molecule has 4 nitrogen and oxygen atoms in total. The minimum Gasteiger partial charge on any atom is -0.465 e. The summed E-state index contributed by atoms with van der Waals surface area (Å²) in [5, 5.41) is 0. The van der Waals surface area contributed by atoms with E-state index in [0.29, 0.717) is 18.7 Å². The number of hydrogen-bond acceptors (Lipinski definition) is 4. The van der Waals surface area contributed by atoms with Crippen molar-refractivity contribution in [2.45, 2.75) is 13.1 Å². The third-order valence-electron chi connectivity index (χ3n) is 1.95. The number of esters is 1. The highest BCUT2D eigenvalue weighted by Crippen LogP contribution is 2.10. The molecule has 0 radical (unpaired) electrons. The first kappa shape index (κ1) is 13.9. The molecule has 0 aliphatic carbocycles. The molecule has 0 aromatic heterocycles. The number of nitrogens with two attached hydrogens (primary N) is 2.